The van der Waals surface area contributed by atoms with E-state index in [0.717, 1.165) is 0 Å². The summed E-state index contributed by atoms with van der Waals surface area (Å²) in [5.41, 5.74) is 0.851. The number of benzene rings is 2. The van der Waals surface area contributed by atoms with E-state index in [-0.39, 0.29) is 23.2 Å². The van der Waals surface area contributed by atoms with Gasteiger partial charge in [0.1, 0.15) is 0 Å². The van der Waals surface area contributed by atoms with E-state index in [2.05, 4.69) is 5.32 Å². The molecule has 8 heteroatoms. The number of carbonyl (C=O) groups excluding carboxylic acids is 3. The van der Waals surface area contributed by atoms with Gasteiger partial charge in [-0.2, -0.15) is 0 Å². The van der Waals surface area contributed by atoms with Crippen LogP contribution in [-0.4, -0.2) is 30.6 Å². The minimum atomic E-state index is -1.10. The maximum Gasteiger partial charge on any atom is 0.339 e. The van der Waals surface area contributed by atoms with Gasteiger partial charge in [-0.15, -0.1) is 0 Å². The summed E-state index contributed by atoms with van der Waals surface area (Å²) in [7, 11) is 0. The number of hydrogen-bond acceptors (Lipinski definition) is 6. The molecular formula is C19H16ClNO6. The van der Waals surface area contributed by atoms with Crippen molar-refractivity contribution in [3.63, 3.8) is 0 Å². The lowest BCUT2D eigenvalue weighted by Crippen LogP contribution is -2.30. The second-order valence-corrected chi connectivity index (χ2v) is 6.24. The van der Waals surface area contributed by atoms with E-state index >= 15 is 0 Å². The molecule has 0 fully saturated rings. The SMILES string of the molecule is CC(=O)c1ccccc1NC(=O)[C@H](C)OC(=O)c1cc(Cl)c2c(c1)OCO2. The summed E-state index contributed by atoms with van der Waals surface area (Å²) < 4.78 is 15.6. The molecule has 1 atom stereocenters. The Morgan fingerprint density at radius 3 is 2.67 bits per heavy atom. The van der Waals surface area contributed by atoms with Crippen LogP contribution in [0.5, 0.6) is 11.5 Å². The Kier molecular flexibility index (Phi) is 5.32. The molecule has 27 heavy (non-hydrogen) atoms. The maximum absolute atomic E-state index is 12.3. The predicted molar refractivity (Wildman–Crippen MR) is 97.5 cm³/mol. The average molecular weight is 390 g/mol. The molecule has 0 saturated carbocycles. The fourth-order valence-electron chi connectivity index (χ4n) is 2.50. The molecule has 1 N–H and O–H groups in total. The van der Waals surface area contributed by atoms with Crippen molar-refractivity contribution in [2.45, 2.75) is 20.0 Å². The summed E-state index contributed by atoms with van der Waals surface area (Å²) in [6, 6.07) is 9.40. The predicted octanol–water partition coefficient (Wildman–Crippen LogP) is 3.46. The third kappa shape index (κ3) is 4.03. The number of rotatable bonds is 5. The smallest absolute Gasteiger partial charge is 0.339 e. The van der Waals surface area contributed by atoms with Crippen LogP contribution in [0.1, 0.15) is 34.6 Å². The highest BCUT2D eigenvalue weighted by Crippen LogP contribution is 2.39. The zero-order chi connectivity index (χ0) is 19.6. The first kappa shape index (κ1) is 18.7. The van der Waals surface area contributed by atoms with Crippen molar-refractivity contribution in [2.75, 3.05) is 12.1 Å². The Hall–Kier alpha value is -3.06. The van der Waals surface area contributed by atoms with Crippen LogP contribution in [-0.2, 0) is 9.53 Å². The van der Waals surface area contributed by atoms with Gasteiger partial charge >= 0.3 is 5.97 Å². The monoisotopic (exact) mass is 389 g/mol. The Morgan fingerprint density at radius 2 is 1.93 bits per heavy atom. The summed E-state index contributed by atoms with van der Waals surface area (Å²) in [5, 5.41) is 2.81. The average Bonchev–Trinajstić information content (AvgIpc) is 3.11. The van der Waals surface area contributed by atoms with Gasteiger partial charge in [0.2, 0.25) is 6.79 Å². The standard InChI is InChI=1S/C19H16ClNO6/c1-10(22)13-5-3-4-6-15(13)21-18(23)11(2)27-19(24)12-7-14(20)17-16(8-12)25-9-26-17/h3-8,11H,9H2,1-2H3,(H,21,23)/t11-/m0/s1. The fourth-order valence-corrected chi connectivity index (χ4v) is 2.77. The van der Waals surface area contributed by atoms with Crippen LogP contribution in [0.15, 0.2) is 36.4 Å². The molecule has 2 aromatic carbocycles. The number of anilines is 1. The highest BCUT2D eigenvalue weighted by Gasteiger charge is 2.24. The molecule has 1 heterocycles. The Bertz CT molecular complexity index is 926. The molecule has 0 radical (unpaired) electrons. The zero-order valence-electron chi connectivity index (χ0n) is 14.6. The molecule has 0 unspecified atom stereocenters. The number of amides is 1. The summed E-state index contributed by atoms with van der Waals surface area (Å²) >= 11 is 6.05. The molecular weight excluding hydrogens is 374 g/mol. The van der Waals surface area contributed by atoms with Crippen LogP contribution >= 0.6 is 11.6 Å². The van der Waals surface area contributed by atoms with Crippen molar-refractivity contribution < 1.29 is 28.6 Å². The number of esters is 1. The van der Waals surface area contributed by atoms with E-state index in [4.69, 9.17) is 25.8 Å². The zero-order valence-corrected chi connectivity index (χ0v) is 15.3. The quantitative estimate of drug-likeness (QED) is 0.622. The van der Waals surface area contributed by atoms with Gasteiger partial charge < -0.3 is 19.5 Å². The van der Waals surface area contributed by atoms with Crippen LogP contribution in [0.2, 0.25) is 5.02 Å². The number of para-hydroxylation sites is 1. The minimum Gasteiger partial charge on any atom is -0.454 e. The van der Waals surface area contributed by atoms with E-state index in [1.165, 1.54) is 26.0 Å². The summed E-state index contributed by atoms with van der Waals surface area (Å²) in [6.07, 6.45) is -1.10. The number of carbonyl (C=O) groups is 3. The van der Waals surface area contributed by atoms with Gasteiger partial charge in [0.05, 0.1) is 16.3 Å². The number of nitrogens with one attached hydrogen (secondary N) is 1. The molecule has 3 rings (SSSR count). The van der Waals surface area contributed by atoms with Crippen molar-refractivity contribution in [1.29, 1.82) is 0 Å². The lowest BCUT2D eigenvalue weighted by atomic mass is 10.1. The van der Waals surface area contributed by atoms with E-state index in [1.807, 2.05) is 0 Å². The number of ether oxygens (including phenoxy) is 3. The van der Waals surface area contributed by atoms with E-state index in [0.29, 0.717) is 22.7 Å². The molecule has 0 aromatic heterocycles. The fraction of sp³-hybridized carbons (Fsp3) is 0.211. The lowest BCUT2D eigenvalue weighted by molar-refractivity contribution is -0.123. The summed E-state index contributed by atoms with van der Waals surface area (Å²) in [5.74, 6) is -0.797. The Balaban J connectivity index is 1.69. The topological polar surface area (TPSA) is 90.9 Å². The number of ketones is 1. The molecule has 0 aliphatic carbocycles. The van der Waals surface area contributed by atoms with Gasteiger partial charge in [0.25, 0.3) is 5.91 Å². The molecule has 0 spiro atoms. The van der Waals surface area contributed by atoms with Gasteiger partial charge in [0, 0.05) is 5.56 Å². The maximum atomic E-state index is 12.3. The molecule has 140 valence electrons. The molecule has 0 bridgehead atoms. The van der Waals surface area contributed by atoms with Crippen molar-refractivity contribution >= 4 is 34.9 Å². The van der Waals surface area contributed by atoms with Crippen molar-refractivity contribution in [3.8, 4) is 11.5 Å². The highest BCUT2D eigenvalue weighted by atomic mass is 35.5. The minimum absolute atomic E-state index is 0.0158. The Labute approximate surface area is 160 Å². The van der Waals surface area contributed by atoms with Gasteiger partial charge in [-0.25, -0.2) is 4.79 Å². The third-order valence-corrected chi connectivity index (χ3v) is 4.16. The highest BCUT2D eigenvalue weighted by molar-refractivity contribution is 6.32. The van der Waals surface area contributed by atoms with E-state index in [1.54, 1.807) is 24.3 Å². The molecule has 0 saturated heterocycles. The molecule has 2 aromatic rings. The third-order valence-electron chi connectivity index (χ3n) is 3.88. The largest absolute Gasteiger partial charge is 0.454 e. The molecule has 1 aliphatic heterocycles. The van der Waals surface area contributed by atoms with Crippen molar-refractivity contribution in [2.24, 2.45) is 0 Å². The second-order valence-electron chi connectivity index (χ2n) is 5.83. The summed E-state index contributed by atoms with van der Waals surface area (Å²) in [6.45, 7) is 2.85. The summed E-state index contributed by atoms with van der Waals surface area (Å²) in [4.78, 5) is 36.3. The lowest BCUT2D eigenvalue weighted by Gasteiger charge is -2.15. The van der Waals surface area contributed by atoms with Crippen LogP contribution in [0.4, 0.5) is 5.69 Å². The molecule has 1 amide bonds. The second kappa shape index (κ2) is 7.67. The van der Waals surface area contributed by atoms with Gasteiger partial charge in [0.15, 0.2) is 23.4 Å². The first-order chi connectivity index (χ1) is 12.9. The number of halogens is 1. The van der Waals surface area contributed by atoms with Crippen molar-refractivity contribution in [3.05, 3.63) is 52.5 Å². The van der Waals surface area contributed by atoms with Crippen LogP contribution in [0.25, 0.3) is 0 Å². The van der Waals surface area contributed by atoms with Gasteiger partial charge in [-0.3, -0.25) is 9.59 Å². The van der Waals surface area contributed by atoms with Crippen LogP contribution < -0.4 is 14.8 Å². The first-order valence-electron chi connectivity index (χ1n) is 8.07. The van der Waals surface area contributed by atoms with Gasteiger partial charge in [-0.05, 0) is 38.1 Å². The van der Waals surface area contributed by atoms with Crippen LogP contribution in [0.3, 0.4) is 0 Å². The van der Waals surface area contributed by atoms with E-state index in [9.17, 15) is 14.4 Å². The van der Waals surface area contributed by atoms with Crippen molar-refractivity contribution in [1.82, 2.24) is 0 Å². The normalized spacial score (nSPS) is 13.0. The van der Waals surface area contributed by atoms with Gasteiger partial charge in [-0.1, -0.05) is 23.7 Å². The van der Waals surface area contributed by atoms with Crippen LogP contribution in [0, 0.1) is 0 Å². The number of Topliss-reactive ketones (excluding diaryl/α,β-unsaturated/α-hetero) is 1. The molecule has 7 nitrogen and oxygen atoms in total. The Morgan fingerprint density at radius 1 is 1.19 bits per heavy atom. The number of hydrogen-bond donors (Lipinski definition) is 1. The first-order valence-corrected chi connectivity index (χ1v) is 8.45. The molecule has 1 aliphatic rings. The number of fused-ring (bicyclic) bond motifs is 1. The van der Waals surface area contributed by atoms with E-state index < -0.39 is 18.0 Å².